The number of anilines is 1. The normalized spacial score (nSPS) is 11.5. The molecule has 0 atom stereocenters. The van der Waals surface area contributed by atoms with Gasteiger partial charge in [-0.1, -0.05) is 36.4 Å². The molecule has 24 heavy (non-hydrogen) atoms. The minimum atomic E-state index is -3.79. The predicted molar refractivity (Wildman–Crippen MR) is 94.4 cm³/mol. The monoisotopic (exact) mass is 342 g/mol. The molecule has 0 amide bonds. The summed E-state index contributed by atoms with van der Waals surface area (Å²) in [6.45, 7) is 0.124. The van der Waals surface area contributed by atoms with Crippen LogP contribution in [-0.4, -0.2) is 31.7 Å². The van der Waals surface area contributed by atoms with Crippen molar-refractivity contribution in [3.05, 3.63) is 66.9 Å². The molecule has 0 unspecified atom stereocenters. The topological polar surface area (TPSA) is 70.5 Å². The maximum Gasteiger partial charge on any atom is 0.266 e. The molecule has 124 valence electrons. The summed E-state index contributed by atoms with van der Waals surface area (Å²) in [5, 5.41) is 9.91. The highest BCUT2D eigenvalue weighted by molar-refractivity contribution is 7.93. The number of benzene rings is 2. The Morgan fingerprint density at radius 1 is 0.958 bits per heavy atom. The van der Waals surface area contributed by atoms with E-state index in [0.29, 0.717) is 17.6 Å². The van der Waals surface area contributed by atoms with Crippen LogP contribution in [0.2, 0.25) is 0 Å². The number of aromatic nitrogens is 1. The fourth-order valence-electron chi connectivity index (χ4n) is 2.60. The molecule has 0 spiro atoms. The molecule has 0 aliphatic heterocycles. The first kappa shape index (κ1) is 16.4. The van der Waals surface area contributed by atoms with Crippen LogP contribution in [0.5, 0.6) is 0 Å². The quantitative estimate of drug-likeness (QED) is 0.748. The van der Waals surface area contributed by atoms with Crippen LogP contribution >= 0.6 is 0 Å². The first-order valence-electron chi connectivity index (χ1n) is 7.67. The minimum Gasteiger partial charge on any atom is -0.396 e. The highest BCUT2D eigenvalue weighted by Gasteiger charge is 2.26. The van der Waals surface area contributed by atoms with Gasteiger partial charge in [-0.25, -0.2) is 8.42 Å². The summed E-state index contributed by atoms with van der Waals surface area (Å²) >= 11 is 0. The number of hydrogen-bond acceptors (Lipinski definition) is 4. The van der Waals surface area contributed by atoms with Gasteiger partial charge in [0, 0.05) is 24.7 Å². The molecule has 5 nitrogen and oxygen atoms in total. The summed E-state index contributed by atoms with van der Waals surface area (Å²) in [5.41, 5.74) is 1.02. The van der Waals surface area contributed by atoms with Gasteiger partial charge in [-0.05, 0) is 30.7 Å². The molecule has 6 heteroatoms. The average Bonchev–Trinajstić information content (AvgIpc) is 2.62. The highest BCUT2D eigenvalue weighted by Crippen LogP contribution is 2.28. The number of nitrogens with zero attached hydrogens (tertiary/aromatic N) is 2. The zero-order valence-electron chi connectivity index (χ0n) is 13.0. The Kier molecular flexibility index (Phi) is 4.78. The van der Waals surface area contributed by atoms with Gasteiger partial charge in [-0.3, -0.25) is 9.29 Å². The molecule has 3 aromatic rings. The van der Waals surface area contributed by atoms with Crippen molar-refractivity contribution in [2.75, 3.05) is 17.5 Å². The third kappa shape index (κ3) is 3.11. The van der Waals surface area contributed by atoms with E-state index in [9.17, 15) is 8.42 Å². The molecule has 1 heterocycles. The third-order valence-corrected chi connectivity index (χ3v) is 5.59. The lowest BCUT2D eigenvalue weighted by molar-refractivity contribution is 0.291. The van der Waals surface area contributed by atoms with Gasteiger partial charge >= 0.3 is 0 Å². The van der Waals surface area contributed by atoms with Crippen LogP contribution in [0.15, 0.2) is 71.8 Å². The van der Waals surface area contributed by atoms with Crippen LogP contribution in [0.1, 0.15) is 6.42 Å². The van der Waals surface area contributed by atoms with Crippen LogP contribution < -0.4 is 4.31 Å². The van der Waals surface area contributed by atoms with E-state index in [2.05, 4.69) is 4.98 Å². The Morgan fingerprint density at radius 3 is 2.46 bits per heavy atom. The smallest absolute Gasteiger partial charge is 0.266 e. The van der Waals surface area contributed by atoms with Crippen molar-refractivity contribution in [3.8, 4) is 0 Å². The summed E-state index contributed by atoms with van der Waals surface area (Å²) in [6, 6.07) is 17.6. The first-order chi connectivity index (χ1) is 11.6. The summed E-state index contributed by atoms with van der Waals surface area (Å²) in [5.74, 6) is 0. The summed E-state index contributed by atoms with van der Waals surface area (Å²) < 4.78 is 27.8. The van der Waals surface area contributed by atoms with Gasteiger partial charge in [0.25, 0.3) is 10.0 Å². The van der Waals surface area contributed by atoms with Crippen molar-refractivity contribution in [2.24, 2.45) is 0 Å². The molecular weight excluding hydrogens is 324 g/mol. The Morgan fingerprint density at radius 2 is 1.71 bits per heavy atom. The van der Waals surface area contributed by atoms with E-state index in [-0.39, 0.29) is 18.0 Å². The van der Waals surface area contributed by atoms with Crippen molar-refractivity contribution in [3.63, 3.8) is 0 Å². The molecular formula is C18H18N2O3S. The number of aliphatic hydroxyl groups excluding tert-OH is 1. The molecule has 0 bridgehead atoms. The van der Waals surface area contributed by atoms with E-state index in [1.807, 2.05) is 18.2 Å². The molecule has 0 radical (unpaired) electrons. The van der Waals surface area contributed by atoms with Gasteiger partial charge in [0.1, 0.15) is 4.90 Å². The van der Waals surface area contributed by atoms with Gasteiger partial charge < -0.3 is 5.11 Å². The minimum absolute atomic E-state index is 0.0767. The lowest BCUT2D eigenvalue weighted by atomic mass is 10.2. The summed E-state index contributed by atoms with van der Waals surface area (Å²) in [6.07, 6.45) is 1.94. The van der Waals surface area contributed by atoms with E-state index < -0.39 is 10.0 Å². The molecule has 0 saturated carbocycles. The third-order valence-electron chi connectivity index (χ3n) is 3.73. The van der Waals surface area contributed by atoms with Gasteiger partial charge in [0.05, 0.1) is 11.2 Å². The zero-order valence-corrected chi connectivity index (χ0v) is 13.9. The van der Waals surface area contributed by atoms with Crippen molar-refractivity contribution in [2.45, 2.75) is 11.3 Å². The zero-order chi connectivity index (χ0) is 17.0. The number of para-hydroxylation sites is 2. The molecule has 0 saturated heterocycles. The number of sulfonamides is 1. The van der Waals surface area contributed by atoms with Crippen molar-refractivity contribution >= 4 is 26.6 Å². The fourth-order valence-corrected chi connectivity index (χ4v) is 4.27. The van der Waals surface area contributed by atoms with Gasteiger partial charge in [0.2, 0.25) is 0 Å². The Bertz CT molecular complexity index is 922. The first-order valence-corrected chi connectivity index (χ1v) is 9.11. The predicted octanol–water partition coefficient (Wildman–Crippen LogP) is 2.81. The number of pyridine rings is 1. The fraction of sp³-hybridized carbons (Fsp3) is 0.167. The second-order valence-corrected chi connectivity index (χ2v) is 7.15. The van der Waals surface area contributed by atoms with E-state index >= 15 is 0 Å². The van der Waals surface area contributed by atoms with Crippen LogP contribution in [0, 0.1) is 0 Å². The van der Waals surface area contributed by atoms with E-state index in [1.165, 1.54) is 4.31 Å². The average molecular weight is 342 g/mol. The highest BCUT2D eigenvalue weighted by atomic mass is 32.2. The molecule has 0 fully saturated rings. The molecule has 2 aromatic carbocycles. The van der Waals surface area contributed by atoms with Crippen molar-refractivity contribution in [1.82, 2.24) is 4.98 Å². The van der Waals surface area contributed by atoms with Gasteiger partial charge in [-0.15, -0.1) is 0 Å². The van der Waals surface area contributed by atoms with Crippen molar-refractivity contribution in [1.29, 1.82) is 0 Å². The standard InChI is InChI=1S/C18H18N2O3S/c21-14-6-13-20(16-9-2-1-3-10-16)24(22,23)17-11-4-7-15-8-5-12-19-18(15)17/h1-5,7-12,21H,6,13-14H2. The van der Waals surface area contributed by atoms with Crippen molar-refractivity contribution < 1.29 is 13.5 Å². The Balaban J connectivity index is 2.15. The molecule has 0 aliphatic rings. The van der Waals surface area contributed by atoms with Crippen LogP contribution in [0.25, 0.3) is 10.9 Å². The van der Waals surface area contributed by atoms with Crippen LogP contribution in [0.4, 0.5) is 5.69 Å². The van der Waals surface area contributed by atoms with Gasteiger partial charge in [0.15, 0.2) is 0 Å². The Hall–Kier alpha value is -2.44. The van der Waals surface area contributed by atoms with Crippen LogP contribution in [0.3, 0.4) is 0 Å². The lowest BCUT2D eigenvalue weighted by Gasteiger charge is -2.24. The number of fused-ring (bicyclic) bond motifs is 1. The van der Waals surface area contributed by atoms with Crippen LogP contribution in [-0.2, 0) is 10.0 Å². The molecule has 1 aromatic heterocycles. The number of aliphatic hydroxyl groups is 1. The SMILES string of the molecule is O=S(=O)(c1cccc2cccnc12)N(CCCO)c1ccccc1. The molecule has 0 aliphatic carbocycles. The maximum atomic E-state index is 13.3. The molecule has 1 N–H and O–H groups in total. The van der Waals surface area contributed by atoms with E-state index in [4.69, 9.17) is 5.11 Å². The number of hydrogen-bond donors (Lipinski definition) is 1. The van der Waals surface area contributed by atoms with E-state index in [0.717, 1.165) is 5.39 Å². The maximum absolute atomic E-state index is 13.3. The number of rotatable bonds is 6. The second-order valence-electron chi connectivity index (χ2n) is 5.32. The molecule has 3 rings (SSSR count). The second kappa shape index (κ2) is 6.98. The Labute approximate surface area is 141 Å². The summed E-state index contributed by atoms with van der Waals surface area (Å²) in [4.78, 5) is 4.42. The lowest BCUT2D eigenvalue weighted by Crippen LogP contribution is -2.32. The summed E-state index contributed by atoms with van der Waals surface area (Å²) in [7, 11) is -3.79. The largest absolute Gasteiger partial charge is 0.396 e. The van der Waals surface area contributed by atoms with Gasteiger partial charge in [-0.2, -0.15) is 0 Å². The van der Waals surface area contributed by atoms with E-state index in [1.54, 1.807) is 48.7 Å².